The van der Waals surface area contributed by atoms with E-state index in [1.54, 1.807) is 6.07 Å². The van der Waals surface area contributed by atoms with E-state index in [9.17, 15) is 10.1 Å². The highest BCUT2D eigenvalue weighted by Crippen LogP contribution is 2.26. The van der Waals surface area contributed by atoms with E-state index in [1.807, 2.05) is 0 Å². The normalized spacial score (nSPS) is 16.0. The van der Waals surface area contributed by atoms with E-state index in [-0.39, 0.29) is 5.69 Å². The molecule has 1 fully saturated rings. The molecule has 1 saturated carbocycles. The van der Waals surface area contributed by atoms with Gasteiger partial charge in [0.25, 0.3) is 11.7 Å². The van der Waals surface area contributed by atoms with Crippen LogP contribution in [0.4, 0.5) is 11.7 Å². The van der Waals surface area contributed by atoms with Crippen LogP contribution in [0.3, 0.4) is 0 Å². The van der Waals surface area contributed by atoms with E-state index < -0.39 is 4.92 Å². The van der Waals surface area contributed by atoms with Gasteiger partial charge in [-0.2, -0.15) is 4.98 Å². The molecule has 1 aliphatic carbocycles. The molecule has 0 radical (unpaired) electrons. The molecule has 6 heteroatoms. The minimum absolute atomic E-state index is 0.0194. The molecule has 0 saturated heterocycles. The summed E-state index contributed by atoms with van der Waals surface area (Å²) in [6.07, 6.45) is 5.09. The van der Waals surface area contributed by atoms with E-state index in [2.05, 4.69) is 10.3 Å². The smallest absolute Gasteiger partial charge is 0.295 e. The van der Waals surface area contributed by atoms with Gasteiger partial charge in [0.05, 0.1) is 11.0 Å². The van der Waals surface area contributed by atoms with Crippen molar-refractivity contribution in [2.75, 3.05) is 11.9 Å². The van der Waals surface area contributed by atoms with Crippen LogP contribution < -0.4 is 5.32 Å². The average molecular weight is 261 g/mol. The number of hydrogen-bond acceptors (Lipinski definition) is 5. The van der Waals surface area contributed by atoms with Gasteiger partial charge >= 0.3 is 0 Å². The number of non-ortho nitro benzene ring substituents is 1. The molecule has 2 aromatic rings. The van der Waals surface area contributed by atoms with Crippen molar-refractivity contribution in [1.29, 1.82) is 0 Å². The molecule has 0 amide bonds. The summed E-state index contributed by atoms with van der Waals surface area (Å²) in [5.41, 5.74) is 1.11. The Hall–Kier alpha value is -2.11. The summed E-state index contributed by atoms with van der Waals surface area (Å²) in [7, 11) is 0. The lowest BCUT2D eigenvalue weighted by atomic mass is 10.1. The van der Waals surface area contributed by atoms with E-state index in [0.717, 1.165) is 6.54 Å². The quantitative estimate of drug-likeness (QED) is 0.674. The Balaban J connectivity index is 1.75. The number of oxazole rings is 1. The standard InChI is InChI=1S/C13H15N3O3/c17-16(18)10-5-6-11-12(7-10)19-13(15-11)14-8-9-3-1-2-4-9/h5-7,9H,1-4,8H2,(H,14,15). The summed E-state index contributed by atoms with van der Waals surface area (Å²) in [4.78, 5) is 14.5. The zero-order valence-corrected chi connectivity index (χ0v) is 10.5. The third-order valence-corrected chi connectivity index (χ3v) is 3.60. The summed E-state index contributed by atoms with van der Waals surface area (Å²) < 4.78 is 5.49. The van der Waals surface area contributed by atoms with Gasteiger partial charge in [-0.05, 0) is 24.8 Å². The lowest BCUT2D eigenvalue weighted by molar-refractivity contribution is -0.384. The highest BCUT2D eigenvalue weighted by Gasteiger charge is 2.16. The molecular weight excluding hydrogens is 246 g/mol. The molecule has 0 unspecified atom stereocenters. The van der Waals surface area contributed by atoms with Gasteiger partial charge in [-0.1, -0.05) is 12.8 Å². The first-order valence-electron chi connectivity index (χ1n) is 6.51. The molecule has 1 aliphatic rings. The highest BCUT2D eigenvalue weighted by atomic mass is 16.6. The number of nitro benzene ring substituents is 1. The number of hydrogen-bond donors (Lipinski definition) is 1. The van der Waals surface area contributed by atoms with Crippen LogP contribution in [0.1, 0.15) is 25.7 Å². The lowest BCUT2D eigenvalue weighted by Gasteiger charge is -2.07. The zero-order valence-electron chi connectivity index (χ0n) is 10.5. The van der Waals surface area contributed by atoms with Crippen LogP contribution in [-0.4, -0.2) is 16.5 Å². The maximum atomic E-state index is 10.7. The molecule has 6 nitrogen and oxygen atoms in total. The van der Waals surface area contributed by atoms with Crippen LogP contribution in [0.15, 0.2) is 22.6 Å². The number of nitrogens with zero attached hydrogens (tertiary/aromatic N) is 2. The molecule has 0 aliphatic heterocycles. The summed E-state index contributed by atoms with van der Waals surface area (Å²) in [6, 6.07) is 4.90. The molecule has 1 heterocycles. The van der Waals surface area contributed by atoms with Crippen molar-refractivity contribution in [2.45, 2.75) is 25.7 Å². The fourth-order valence-electron chi connectivity index (χ4n) is 2.55. The van der Waals surface area contributed by atoms with E-state index in [4.69, 9.17) is 4.42 Å². The zero-order chi connectivity index (χ0) is 13.2. The summed E-state index contributed by atoms with van der Waals surface area (Å²) in [5, 5.41) is 13.9. The summed E-state index contributed by atoms with van der Waals surface area (Å²) in [5.74, 6) is 0.685. The van der Waals surface area contributed by atoms with Crippen LogP contribution in [0.2, 0.25) is 0 Å². The Labute approximate surface area is 110 Å². The third-order valence-electron chi connectivity index (χ3n) is 3.60. The van der Waals surface area contributed by atoms with Gasteiger partial charge in [-0.3, -0.25) is 10.1 Å². The second-order valence-electron chi connectivity index (χ2n) is 4.96. The van der Waals surface area contributed by atoms with Crippen LogP contribution in [0, 0.1) is 16.0 Å². The van der Waals surface area contributed by atoms with Crippen LogP contribution >= 0.6 is 0 Å². The maximum Gasteiger partial charge on any atom is 0.295 e. The van der Waals surface area contributed by atoms with Gasteiger partial charge < -0.3 is 9.73 Å². The number of rotatable bonds is 4. The van der Waals surface area contributed by atoms with Crippen molar-refractivity contribution < 1.29 is 9.34 Å². The van der Waals surface area contributed by atoms with Crippen molar-refractivity contribution >= 4 is 22.8 Å². The predicted octanol–water partition coefficient (Wildman–Crippen LogP) is 3.34. The first kappa shape index (κ1) is 12.0. The third kappa shape index (κ3) is 2.52. The molecule has 1 aromatic carbocycles. The number of anilines is 1. The molecule has 1 N–H and O–H groups in total. The molecule has 0 atom stereocenters. The Morgan fingerprint density at radius 2 is 2.21 bits per heavy atom. The second kappa shape index (κ2) is 4.87. The number of benzene rings is 1. The first-order valence-corrected chi connectivity index (χ1v) is 6.51. The van der Waals surface area contributed by atoms with Gasteiger partial charge in [0.2, 0.25) is 0 Å². The van der Waals surface area contributed by atoms with E-state index >= 15 is 0 Å². The molecule has 1 aromatic heterocycles. The van der Waals surface area contributed by atoms with Gasteiger partial charge in [0.1, 0.15) is 5.52 Å². The molecular formula is C13H15N3O3. The number of fused-ring (bicyclic) bond motifs is 1. The van der Waals surface area contributed by atoms with Gasteiger partial charge in [0.15, 0.2) is 5.58 Å². The highest BCUT2D eigenvalue weighted by molar-refractivity contribution is 5.77. The van der Waals surface area contributed by atoms with Crippen molar-refractivity contribution in [3.63, 3.8) is 0 Å². The molecule has 0 bridgehead atoms. The minimum atomic E-state index is -0.437. The van der Waals surface area contributed by atoms with E-state index in [1.165, 1.54) is 37.8 Å². The van der Waals surface area contributed by atoms with Crippen LogP contribution in [0.25, 0.3) is 11.1 Å². The van der Waals surface area contributed by atoms with Gasteiger partial charge in [-0.25, -0.2) is 0 Å². The van der Waals surface area contributed by atoms with Gasteiger partial charge in [-0.15, -0.1) is 0 Å². The van der Waals surface area contributed by atoms with E-state index in [0.29, 0.717) is 23.0 Å². The first-order chi connectivity index (χ1) is 9.22. The number of nitro groups is 1. The van der Waals surface area contributed by atoms with Crippen LogP contribution in [0.5, 0.6) is 0 Å². The summed E-state index contributed by atoms with van der Waals surface area (Å²) >= 11 is 0. The number of aromatic nitrogens is 1. The topological polar surface area (TPSA) is 81.2 Å². The molecule has 100 valence electrons. The average Bonchev–Trinajstić information content (AvgIpc) is 3.04. The van der Waals surface area contributed by atoms with Crippen LogP contribution in [-0.2, 0) is 0 Å². The Morgan fingerprint density at radius 3 is 2.95 bits per heavy atom. The second-order valence-corrected chi connectivity index (χ2v) is 4.96. The Kier molecular flexibility index (Phi) is 3.06. The monoisotopic (exact) mass is 261 g/mol. The molecule has 19 heavy (non-hydrogen) atoms. The summed E-state index contributed by atoms with van der Waals surface area (Å²) in [6.45, 7) is 0.856. The van der Waals surface area contributed by atoms with Crippen molar-refractivity contribution in [1.82, 2.24) is 4.98 Å². The minimum Gasteiger partial charge on any atom is -0.423 e. The van der Waals surface area contributed by atoms with Crippen molar-refractivity contribution in [3.05, 3.63) is 28.3 Å². The Bertz CT molecular complexity index is 602. The SMILES string of the molecule is O=[N+]([O-])c1ccc2nc(NCC3CCCC3)oc2c1. The van der Waals surface area contributed by atoms with Crippen molar-refractivity contribution in [2.24, 2.45) is 5.92 Å². The Morgan fingerprint density at radius 1 is 1.42 bits per heavy atom. The van der Waals surface area contributed by atoms with Gasteiger partial charge in [0, 0.05) is 12.6 Å². The predicted molar refractivity (Wildman–Crippen MR) is 71.1 cm³/mol. The fraction of sp³-hybridized carbons (Fsp3) is 0.462. The maximum absolute atomic E-state index is 10.7. The molecule has 0 spiro atoms. The fourth-order valence-corrected chi connectivity index (χ4v) is 2.55. The van der Waals surface area contributed by atoms with Crippen molar-refractivity contribution in [3.8, 4) is 0 Å². The largest absolute Gasteiger partial charge is 0.423 e. The molecule has 3 rings (SSSR count). The lowest BCUT2D eigenvalue weighted by Crippen LogP contribution is -2.10. The number of nitrogens with one attached hydrogen (secondary N) is 1.